The van der Waals surface area contributed by atoms with Crippen LogP contribution in [0.2, 0.25) is 0 Å². The lowest BCUT2D eigenvalue weighted by atomic mass is 9.62. The van der Waals surface area contributed by atoms with Crippen LogP contribution in [0.3, 0.4) is 0 Å². The number of carbonyl (C=O) groups is 2. The van der Waals surface area contributed by atoms with Crippen molar-refractivity contribution >= 4 is 11.6 Å². The van der Waals surface area contributed by atoms with Gasteiger partial charge < -0.3 is 15.3 Å². The Morgan fingerprint density at radius 1 is 0.841 bits per heavy atom. The second kappa shape index (κ2) is 14.8. The molecule has 0 aromatic rings. The maximum Gasteiger partial charge on any atom is 0.161 e. The maximum atomic E-state index is 12.9. The van der Waals surface area contributed by atoms with Gasteiger partial charge in [-0.15, -0.1) is 0 Å². The lowest BCUT2D eigenvalue weighted by Gasteiger charge is -2.45. The van der Waals surface area contributed by atoms with E-state index in [0.29, 0.717) is 24.0 Å². The summed E-state index contributed by atoms with van der Waals surface area (Å²) in [6, 6.07) is 0. The molecule has 2 aliphatic rings. The standard InChI is InChI=1S/C39H54O5/c1-27(17-13-19-29(3)21-35-36(6,7)23-33(41)25-38(35,10)43)15-11-12-16-28(2)18-14-20-30(4)34(42)26-39(44)31(5)22-32(40)24-37(39,8)9/h11-22,33,41,43-44H,23-26H2,1-10H3/b12-11+,17-13+,18-14+,27-15+,28-16+,29-19+,30-20+,35-21-/t33?,38?,39-/m1/s1. The van der Waals surface area contributed by atoms with Gasteiger partial charge in [0.25, 0.3) is 0 Å². The van der Waals surface area contributed by atoms with E-state index in [4.69, 9.17) is 0 Å². The van der Waals surface area contributed by atoms with Gasteiger partial charge in [-0.25, -0.2) is 0 Å². The minimum atomic E-state index is -1.34. The molecule has 1 saturated carbocycles. The number of hydrogen-bond donors (Lipinski definition) is 3. The van der Waals surface area contributed by atoms with Gasteiger partial charge in [0.05, 0.1) is 17.3 Å². The van der Waals surface area contributed by atoms with Gasteiger partial charge in [0.2, 0.25) is 0 Å². The number of rotatable bonds is 10. The predicted molar refractivity (Wildman–Crippen MR) is 182 cm³/mol. The van der Waals surface area contributed by atoms with Crippen LogP contribution < -0.4 is 0 Å². The van der Waals surface area contributed by atoms with E-state index in [1.54, 1.807) is 26.8 Å². The minimum absolute atomic E-state index is 0.0204. The molecule has 2 rings (SSSR count). The summed E-state index contributed by atoms with van der Waals surface area (Å²) in [6.07, 6.45) is 23.7. The van der Waals surface area contributed by atoms with Gasteiger partial charge in [0.15, 0.2) is 11.6 Å². The Kier molecular flexibility index (Phi) is 12.4. The number of ketones is 2. The number of aliphatic hydroxyl groups excluding tert-OH is 1. The number of aliphatic hydroxyl groups is 3. The van der Waals surface area contributed by atoms with Crippen molar-refractivity contribution < 1.29 is 24.9 Å². The summed E-state index contributed by atoms with van der Waals surface area (Å²) in [4.78, 5) is 24.9. The number of Topliss-reactive ketones (excluding diaryl/α,β-unsaturated/α-hetero) is 1. The molecular formula is C39H54O5. The van der Waals surface area contributed by atoms with Gasteiger partial charge in [-0.1, -0.05) is 111 Å². The normalized spacial score (nSPS) is 29.8. The van der Waals surface area contributed by atoms with Crippen molar-refractivity contribution in [1.29, 1.82) is 0 Å². The third-order valence-electron chi connectivity index (χ3n) is 8.94. The van der Waals surface area contributed by atoms with E-state index in [1.165, 1.54) is 6.08 Å². The summed E-state index contributed by atoms with van der Waals surface area (Å²) < 4.78 is 0. The molecular weight excluding hydrogens is 548 g/mol. The van der Waals surface area contributed by atoms with Crippen molar-refractivity contribution in [2.75, 3.05) is 0 Å². The van der Waals surface area contributed by atoms with Crippen LogP contribution in [-0.2, 0) is 9.59 Å². The molecule has 0 aliphatic heterocycles. The molecule has 5 nitrogen and oxygen atoms in total. The van der Waals surface area contributed by atoms with E-state index < -0.39 is 22.7 Å². The zero-order valence-corrected chi connectivity index (χ0v) is 28.5. The summed E-state index contributed by atoms with van der Waals surface area (Å²) in [5.74, 6) is -0.165. The van der Waals surface area contributed by atoms with E-state index in [2.05, 4.69) is 13.8 Å². The van der Waals surface area contributed by atoms with E-state index >= 15 is 0 Å². The molecule has 3 N–H and O–H groups in total. The molecule has 5 heteroatoms. The molecule has 0 saturated heterocycles. The number of hydrogen-bond acceptors (Lipinski definition) is 5. The summed E-state index contributed by atoms with van der Waals surface area (Å²) in [6.45, 7) is 19.1. The van der Waals surface area contributed by atoms with E-state index in [-0.39, 0.29) is 29.8 Å². The molecule has 0 aromatic heterocycles. The monoisotopic (exact) mass is 602 g/mol. The second-order valence-electron chi connectivity index (χ2n) is 14.3. The van der Waals surface area contributed by atoms with Gasteiger partial charge in [0, 0.05) is 24.7 Å². The van der Waals surface area contributed by atoms with Crippen LogP contribution in [-0.4, -0.2) is 44.2 Å². The van der Waals surface area contributed by atoms with Crippen LogP contribution >= 0.6 is 0 Å². The Morgan fingerprint density at radius 3 is 1.89 bits per heavy atom. The molecule has 240 valence electrons. The van der Waals surface area contributed by atoms with Crippen molar-refractivity contribution in [3.05, 3.63) is 106 Å². The fourth-order valence-corrected chi connectivity index (χ4v) is 6.29. The van der Waals surface area contributed by atoms with Crippen LogP contribution in [0.1, 0.15) is 94.9 Å². The lowest BCUT2D eigenvalue weighted by Crippen LogP contribution is -2.50. The van der Waals surface area contributed by atoms with Crippen LogP contribution in [0.15, 0.2) is 106 Å². The highest BCUT2D eigenvalue weighted by molar-refractivity contribution is 5.97. The number of carbonyl (C=O) groups excluding carboxylic acids is 2. The van der Waals surface area contributed by atoms with Crippen LogP contribution in [0.5, 0.6) is 0 Å². The molecule has 3 atom stereocenters. The molecule has 0 amide bonds. The molecule has 44 heavy (non-hydrogen) atoms. The van der Waals surface area contributed by atoms with Gasteiger partial charge in [0.1, 0.15) is 0 Å². The van der Waals surface area contributed by atoms with Crippen LogP contribution in [0.4, 0.5) is 0 Å². The Balaban J connectivity index is 1.98. The highest BCUT2D eigenvalue weighted by Crippen LogP contribution is 2.47. The highest BCUT2D eigenvalue weighted by atomic mass is 16.3. The van der Waals surface area contributed by atoms with Gasteiger partial charge in [-0.05, 0) is 76.2 Å². The Morgan fingerprint density at radius 2 is 1.36 bits per heavy atom. The van der Waals surface area contributed by atoms with E-state index in [0.717, 1.165) is 22.3 Å². The molecule has 0 heterocycles. The SMILES string of the molecule is CC1=CC(=O)CC(C)(C)[C@@]1(O)CC(=O)/C(C)=C/C=C/C(C)=C/C=C/C=C(C)/C=C/C=C(C)/C=C1/C(C)(C)CC(O)CC1(C)O. The van der Waals surface area contributed by atoms with E-state index in [9.17, 15) is 24.9 Å². The molecule has 0 spiro atoms. The number of allylic oxidation sites excluding steroid dienone is 16. The molecule has 0 bridgehead atoms. The summed E-state index contributed by atoms with van der Waals surface area (Å²) >= 11 is 0. The summed E-state index contributed by atoms with van der Waals surface area (Å²) in [5, 5.41) is 32.4. The van der Waals surface area contributed by atoms with Gasteiger partial charge >= 0.3 is 0 Å². The molecule has 2 unspecified atom stereocenters. The average molecular weight is 603 g/mol. The quantitative estimate of drug-likeness (QED) is 0.174. The van der Waals surface area contributed by atoms with Crippen molar-refractivity contribution in [3.63, 3.8) is 0 Å². The third kappa shape index (κ3) is 9.95. The van der Waals surface area contributed by atoms with Crippen molar-refractivity contribution in [2.24, 2.45) is 10.8 Å². The molecule has 0 radical (unpaired) electrons. The first-order chi connectivity index (χ1) is 20.2. The smallest absolute Gasteiger partial charge is 0.161 e. The highest BCUT2D eigenvalue weighted by Gasteiger charge is 2.49. The Bertz CT molecular complexity index is 1360. The Labute approximate surface area is 265 Å². The van der Waals surface area contributed by atoms with Crippen LogP contribution in [0.25, 0.3) is 0 Å². The third-order valence-corrected chi connectivity index (χ3v) is 8.94. The zero-order chi connectivity index (χ0) is 33.5. The topological polar surface area (TPSA) is 94.8 Å². The Hall–Kier alpha value is -3.12. The average Bonchev–Trinajstić information content (AvgIpc) is 2.86. The fourth-order valence-electron chi connectivity index (χ4n) is 6.29. The molecule has 0 aromatic carbocycles. The lowest BCUT2D eigenvalue weighted by molar-refractivity contribution is -0.132. The maximum absolute atomic E-state index is 12.9. The first-order valence-electron chi connectivity index (χ1n) is 15.5. The second-order valence-corrected chi connectivity index (χ2v) is 14.3. The largest absolute Gasteiger partial charge is 0.393 e. The zero-order valence-electron chi connectivity index (χ0n) is 28.5. The molecule has 1 fully saturated rings. The summed E-state index contributed by atoms with van der Waals surface area (Å²) in [5.41, 5.74) is 1.84. The van der Waals surface area contributed by atoms with E-state index in [1.807, 2.05) is 95.4 Å². The van der Waals surface area contributed by atoms with Crippen LogP contribution in [0, 0.1) is 10.8 Å². The van der Waals surface area contributed by atoms with Crippen molar-refractivity contribution in [3.8, 4) is 0 Å². The minimum Gasteiger partial charge on any atom is -0.393 e. The fraction of sp³-hybridized carbons (Fsp3) is 0.487. The molecule has 2 aliphatic carbocycles. The first-order valence-corrected chi connectivity index (χ1v) is 15.5. The predicted octanol–water partition coefficient (Wildman–Crippen LogP) is 7.93. The first kappa shape index (κ1) is 37.1. The van der Waals surface area contributed by atoms with Gasteiger partial charge in [-0.2, -0.15) is 0 Å². The van der Waals surface area contributed by atoms with Crippen molar-refractivity contribution in [1.82, 2.24) is 0 Å². The summed E-state index contributed by atoms with van der Waals surface area (Å²) in [7, 11) is 0. The van der Waals surface area contributed by atoms with Gasteiger partial charge in [-0.3, -0.25) is 9.59 Å². The van der Waals surface area contributed by atoms with Crippen molar-refractivity contribution in [2.45, 2.75) is 112 Å².